The molecule has 0 unspecified atom stereocenters. The molecule has 0 saturated carbocycles. The number of rotatable bonds is 1. The number of hydrogen-bond acceptors (Lipinski definition) is 4. The molecule has 4 aromatic rings. The average molecular weight is 292 g/mol. The highest BCUT2D eigenvalue weighted by atomic mass is 16.5. The molecule has 6 nitrogen and oxygen atoms in total. The third-order valence-corrected chi connectivity index (χ3v) is 3.68. The van der Waals surface area contributed by atoms with Crippen molar-refractivity contribution >= 4 is 16.6 Å². The van der Waals surface area contributed by atoms with E-state index in [4.69, 9.17) is 0 Å². The number of pyridine rings is 1. The van der Waals surface area contributed by atoms with Crippen molar-refractivity contribution in [3.63, 3.8) is 0 Å². The first kappa shape index (κ1) is 12.6. The molecule has 1 aromatic carbocycles. The van der Waals surface area contributed by atoms with Crippen molar-refractivity contribution in [2.75, 3.05) is 0 Å². The molecule has 22 heavy (non-hydrogen) atoms. The maximum Gasteiger partial charge on any atom is 0.294 e. The smallest absolute Gasteiger partial charge is 0.294 e. The third-order valence-electron chi connectivity index (χ3n) is 3.68. The highest BCUT2D eigenvalue weighted by Crippen LogP contribution is 2.22. The summed E-state index contributed by atoms with van der Waals surface area (Å²) in [5.41, 5.74) is 3.12. The molecule has 0 radical (unpaired) electrons. The number of nitrogens with zero attached hydrogens (tertiary/aromatic N) is 4. The Bertz CT molecular complexity index is 1060. The molecule has 0 fully saturated rings. The Morgan fingerprint density at radius 3 is 2.68 bits per heavy atom. The molecule has 0 aliphatic carbocycles. The van der Waals surface area contributed by atoms with Gasteiger partial charge in [0.2, 0.25) is 0 Å². The fourth-order valence-electron chi connectivity index (χ4n) is 2.64. The Balaban J connectivity index is 2.11. The Kier molecular flexibility index (Phi) is 2.53. The largest absolute Gasteiger partial charge is 0.425 e. The van der Waals surface area contributed by atoms with Gasteiger partial charge >= 0.3 is 0 Å². The van der Waals surface area contributed by atoms with Gasteiger partial charge in [-0.05, 0) is 13.0 Å². The molecule has 0 amide bonds. The molecule has 108 valence electrons. The van der Waals surface area contributed by atoms with Crippen LogP contribution in [0.2, 0.25) is 0 Å². The van der Waals surface area contributed by atoms with E-state index in [1.807, 2.05) is 36.4 Å². The summed E-state index contributed by atoms with van der Waals surface area (Å²) in [6.07, 6.45) is 1.31. The quantitative estimate of drug-likeness (QED) is 0.546. The molecule has 0 spiro atoms. The lowest BCUT2D eigenvalue weighted by Gasteiger charge is -2.04. The van der Waals surface area contributed by atoms with E-state index in [1.165, 1.54) is 6.20 Å². The number of aryl methyl sites for hydroxylation is 1. The van der Waals surface area contributed by atoms with Gasteiger partial charge < -0.3 is 5.21 Å². The zero-order valence-corrected chi connectivity index (χ0v) is 11.8. The first-order chi connectivity index (χ1) is 10.6. The van der Waals surface area contributed by atoms with E-state index in [0.717, 1.165) is 11.3 Å². The van der Waals surface area contributed by atoms with E-state index < -0.39 is 5.56 Å². The van der Waals surface area contributed by atoms with Crippen molar-refractivity contribution in [2.24, 2.45) is 0 Å². The molecule has 4 rings (SSSR count). The van der Waals surface area contributed by atoms with Crippen molar-refractivity contribution < 1.29 is 5.21 Å². The molecule has 0 atom stereocenters. The van der Waals surface area contributed by atoms with Crippen molar-refractivity contribution in [1.82, 2.24) is 19.3 Å². The maximum absolute atomic E-state index is 12.1. The predicted molar refractivity (Wildman–Crippen MR) is 82.1 cm³/mol. The van der Waals surface area contributed by atoms with Crippen LogP contribution < -0.4 is 5.56 Å². The monoisotopic (exact) mass is 292 g/mol. The van der Waals surface area contributed by atoms with E-state index in [2.05, 4.69) is 10.1 Å². The average Bonchev–Trinajstić information content (AvgIpc) is 2.95. The number of hydrogen-bond donors (Lipinski definition) is 1. The Morgan fingerprint density at radius 2 is 1.91 bits per heavy atom. The Hall–Kier alpha value is -3.15. The van der Waals surface area contributed by atoms with Gasteiger partial charge in [-0.15, -0.1) is 0 Å². The van der Waals surface area contributed by atoms with Gasteiger partial charge in [-0.2, -0.15) is 9.83 Å². The van der Waals surface area contributed by atoms with Crippen LogP contribution in [0.25, 0.3) is 27.8 Å². The van der Waals surface area contributed by atoms with Crippen molar-refractivity contribution in [3.05, 3.63) is 64.7 Å². The first-order valence-corrected chi connectivity index (χ1v) is 6.81. The lowest BCUT2D eigenvalue weighted by atomic mass is 10.2. The van der Waals surface area contributed by atoms with Gasteiger partial charge in [0.05, 0.1) is 22.3 Å². The van der Waals surface area contributed by atoms with Gasteiger partial charge in [-0.3, -0.25) is 4.79 Å². The van der Waals surface area contributed by atoms with Crippen LogP contribution in [-0.2, 0) is 0 Å². The summed E-state index contributed by atoms with van der Waals surface area (Å²) in [4.78, 5) is 16.5. The summed E-state index contributed by atoms with van der Waals surface area (Å²) in [6, 6.07) is 13.3. The Morgan fingerprint density at radius 1 is 1.14 bits per heavy atom. The van der Waals surface area contributed by atoms with Crippen LogP contribution in [0.3, 0.4) is 0 Å². The molecule has 6 heteroatoms. The van der Waals surface area contributed by atoms with Crippen LogP contribution in [0.4, 0.5) is 0 Å². The van der Waals surface area contributed by atoms with Crippen LogP contribution in [0.5, 0.6) is 0 Å². The van der Waals surface area contributed by atoms with E-state index >= 15 is 0 Å². The lowest BCUT2D eigenvalue weighted by Crippen LogP contribution is -2.19. The van der Waals surface area contributed by atoms with Crippen LogP contribution in [0, 0.1) is 6.92 Å². The fraction of sp³-hybridized carbons (Fsp3) is 0.0625. The lowest BCUT2D eigenvalue weighted by molar-refractivity contribution is 0.176. The molecule has 1 N–H and O–H groups in total. The van der Waals surface area contributed by atoms with Gasteiger partial charge in [0.15, 0.2) is 5.65 Å². The normalized spacial score (nSPS) is 11.3. The van der Waals surface area contributed by atoms with Gasteiger partial charge in [0, 0.05) is 17.8 Å². The fourth-order valence-corrected chi connectivity index (χ4v) is 2.64. The first-order valence-electron chi connectivity index (χ1n) is 6.81. The molecule has 0 saturated heterocycles. The van der Waals surface area contributed by atoms with Crippen LogP contribution in [0.15, 0.2) is 53.5 Å². The maximum atomic E-state index is 12.1. The van der Waals surface area contributed by atoms with Gasteiger partial charge in [-0.25, -0.2) is 9.50 Å². The minimum absolute atomic E-state index is 0.361. The second-order valence-corrected chi connectivity index (χ2v) is 5.09. The van der Waals surface area contributed by atoms with Crippen LogP contribution in [-0.4, -0.2) is 24.5 Å². The highest BCUT2D eigenvalue weighted by molar-refractivity contribution is 5.83. The summed E-state index contributed by atoms with van der Waals surface area (Å²) < 4.78 is 2.19. The van der Waals surface area contributed by atoms with Gasteiger partial charge in [-0.1, -0.05) is 30.3 Å². The number of fused-ring (bicyclic) bond motifs is 3. The molecular formula is C16H12N4O2. The second kappa shape index (κ2) is 4.42. The van der Waals surface area contributed by atoms with Crippen LogP contribution >= 0.6 is 0 Å². The number of benzene rings is 1. The van der Waals surface area contributed by atoms with Crippen molar-refractivity contribution in [3.8, 4) is 11.3 Å². The topological polar surface area (TPSA) is 72.4 Å². The minimum Gasteiger partial charge on any atom is -0.425 e. The van der Waals surface area contributed by atoms with E-state index in [0.29, 0.717) is 27.0 Å². The predicted octanol–water partition coefficient (Wildman–Crippen LogP) is 2.26. The van der Waals surface area contributed by atoms with E-state index in [1.54, 1.807) is 17.5 Å². The van der Waals surface area contributed by atoms with Crippen LogP contribution in [0.1, 0.15) is 5.69 Å². The summed E-state index contributed by atoms with van der Waals surface area (Å²) in [5, 5.41) is 14.5. The van der Waals surface area contributed by atoms with Gasteiger partial charge in [0.25, 0.3) is 5.56 Å². The zero-order valence-electron chi connectivity index (χ0n) is 11.8. The molecule has 0 aliphatic rings. The summed E-state index contributed by atoms with van der Waals surface area (Å²) in [5.74, 6) is 0. The SMILES string of the molecule is Cc1nc2cc(-c3ccccc3)nn2c2ccn(O)c(=O)c12. The second-order valence-electron chi connectivity index (χ2n) is 5.09. The molecular weight excluding hydrogens is 280 g/mol. The van der Waals surface area contributed by atoms with Crippen molar-refractivity contribution in [1.29, 1.82) is 0 Å². The Labute approximate surface area is 124 Å². The molecule has 0 bridgehead atoms. The minimum atomic E-state index is -0.499. The molecule has 3 aromatic heterocycles. The van der Waals surface area contributed by atoms with Crippen molar-refractivity contribution in [2.45, 2.75) is 6.92 Å². The standard InChI is InChI=1S/C16H12N4O2/c1-10-15-13(7-8-19(22)16(15)21)20-14(17-10)9-12(18-20)11-5-3-2-4-6-11/h2-9,22H,1H3. The summed E-state index contributed by atoms with van der Waals surface area (Å²) in [6.45, 7) is 1.75. The molecule has 0 aliphatic heterocycles. The highest BCUT2D eigenvalue weighted by Gasteiger charge is 2.13. The van der Waals surface area contributed by atoms with E-state index in [9.17, 15) is 10.0 Å². The summed E-state index contributed by atoms with van der Waals surface area (Å²) in [7, 11) is 0. The zero-order chi connectivity index (χ0) is 15.3. The van der Waals surface area contributed by atoms with Gasteiger partial charge in [0.1, 0.15) is 0 Å². The number of aromatic nitrogens is 4. The molecule has 3 heterocycles. The summed E-state index contributed by atoms with van der Waals surface area (Å²) >= 11 is 0. The van der Waals surface area contributed by atoms with E-state index in [-0.39, 0.29) is 0 Å². The third kappa shape index (κ3) is 1.70.